The maximum atomic E-state index is 13.3. The Labute approximate surface area is 237 Å². The zero-order chi connectivity index (χ0) is 27.9. The summed E-state index contributed by atoms with van der Waals surface area (Å²) < 4.78 is 6.01. The van der Waals surface area contributed by atoms with Gasteiger partial charge in [0.1, 0.15) is 11.9 Å². The largest absolute Gasteiger partial charge is 0.458 e. The van der Waals surface area contributed by atoms with Gasteiger partial charge in [0.15, 0.2) is 0 Å². The van der Waals surface area contributed by atoms with Crippen molar-refractivity contribution in [2.75, 3.05) is 0 Å². The molecule has 4 unspecified atom stereocenters. The van der Waals surface area contributed by atoms with Crippen LogP contribution in [0.5, 0.6) is 0 Å². The second kappa shape index (κ2) is 11.2. The Bertz CT molecular complexity index is 1070. The van der Waals surface area contributed by atoms with Crippen molar-refractivity contribution in [1.82, 2.24) is 0 Å². The van der Waals surface area contributed by atoms with Crippen LogP contribution in [-0.4, -0.2) is 17.9 Å². The van der Waals surface area contributed by atoms with Crippen LogP contribution in [0.25, 0.3) is 0 Å². The molecule has 0 aliphatic heterocycles. The van der Waals surface area contributed by atoms with Gasteiger partial charge in [-0.1, -0.05) is 83.7 Å². The zero-order valence-corrected chi connectivity index (χ0v) is 25.4. The van der Waals surface area contributed by atoms with Crippen LogP contribution in [0.4, 0.5) is 0 Å². The number of fused-ring (bicyclic) bond motifs is 5. The fourth-order valence-electron chi connectivity index (χ4n) is 9.96. The molecular weight excluding hydrogens is 480 g/mol. The summed E-state index contributed by atoms with van der Waals surface area (Å²) in [6, 6.07) is 9.33. The summed E-state index contributed by atoms with van der Waals surface area (Å²) in [7, 11) is 0. The molecule has 214 valence electrons. The molecule has 0 N–H and O–H groups in total. The Balaban J connectivity index is 1.35. The van der Waals surface area contributed by atoms with Crippen molar-refractivity contribution in [2.24, 2.45) is 52.3 Å². The zero-order valence-electron chi connectivity index (χ0n) is 25.4. The average molecular weight is 533 g/mol. The van der Waals surface area contributed by atoms with Gasteiger partial charge in [-0.3, -0.25) is 4.79 Å². The van der Waals surface area contributed by atoms with Gasteiger partial charge in [0, 0.05) is 12.3 Å². The molecule has 4 aliphatic rings. The van der Waals surface area contributed by atoms with Crippen LogP contribution in [0, 0.1) is 52.3 Å². The second-order valence-electron chi connectivity index (χ2n) is 14.7. The van der Waals surface area contributed by atoms with Crippen LogP contribution < -0.4 is 0 Å². The number of Topliss-reactive ketones (excluding diaryl/α,β-unsaturated/α-hetero) is 1. The second-order valence-corrected chi connectivity index (χ2v) is 14.7. The first-order valence-corrected chi connectivity index (χ1v) is 16.0. The standard InChI is InChI=1S/C36H52O3/c1-23(2)11-10-12-24(3)30-15-16-31-33-29(25(4)37)22-27-21-28(39-34(38)26-13-8-7-9-14-26)17-19-35(27,5)32(33)18-20-36(30,31)6/h7-9,13-14,22-24,28-33H,10-12,15-21H2,1-6H3/t24-,28?,29-,30-,31?,32?,33?,35+,36-/m1/s1. The molecule has 3 fully saturated rings. The van der Waals surface area contributed by atoms with E-state index in [2.05, 4.69) is 40.7 Å². The van der Waals surface area contributed by atoms with Gasteiger partial charge in [0.25, 0.3) is 0 Å². The van der Waals surface area contributed by atoms with E-state index in [-0.39, 0.29) is 23.4 Å². The molecule has 3 heteroatoms. The van der Waals surface area contributed by atoms with E-state index in [9.17, 15) is 9.59 Å². The quantitative estimate of drug-likeness (QED) is 0.248. The first-order valence-electron chi connectivity index (χ1n) is 16.0. The number of carbonyl (C=O) groups is 2. The highest BCUT2D eigenvalue weighted by Crippen LogP contribution is 2.68. The van der Waals surface area contributed by atoms with Crippen LogP contribution in [0.2, 0.25) is 0 Å². The van der Waals surface area contributed by atoms with E-state index in [1.165, 1.54) is 50.5 Å². The molecule has 0 bridgehead atoms. The third-order valence-corrected chi connectivity index (χ3v) is 12.1. The molecule has 3 nitrogen and oxygen atoms in total. The maximum Gasteiger partial charge on any atom is 0.338 e. The van der Waals surface area contributed by atoms with Gasteiger partial charge in [-0.05, 0) is 104 Å². The van der Waals surface area contributed by atoms with Gasteiger partial charge in [-0.15, -0.1) is 0 Å². The number of esters is 1. The molecule has 39 heavy (non-hydrogen) atoms. The van der Waals surface area contributed by atoms with Crippen molar-refractivity contribution in [3.63, 3.8) is 0 Å². The molecule has 5 rings (SSSR count). The molecule has 9 atom stereocenters. The predicted molar refractivity (Wildman–Crippen MR) is 158 cm³/mol. The number of hydrogen-bond acceptors (Lipinski definition) is 3. The van der Waals surface area contributed by atoms with E-state index in [4.69, 9.17) is 4.74 Å². The summed E-state index contributed by atoms with van der Waals surface area (Å²) in [5.74, 6) is 4.14. The summed E-state index contributed by atoms with van der Waals surface area (Å²) in [6.45, 7) is 14.1. The molecule has 0 radical (unpaired) electrons. The number of ketones is 1. The highest BCUT2D eigenvalue weighted by atomic mass is 16.5. The first-order chi connectivity index (χ1) is 18.5. The van der Waals surface area contributed by atoms with E-state index in [1.54, 1.807) is 0 Å². The molecule has 0 spiro atoms. The lowest BCUT2D eigenvalue weighted by molar-refractivity contribution is -0.130. The lowest BCUT2D eigenvalue weighted by atomic mass is 9.44. The summed E-state index contributed by atoms with van der Waals surface area (Å²) in [6.07, 6.45) is 14.2. The Morgan fingerprint density at radius 1 is 0.949 bits per heavy atom. The predicted octanol–water partition coefficient (Wildman–Crippen LogP) is 9.07. The summed E-state index contributed by atoms with van der Waals surface area (Å²) in [5, 5.41) is 0. The lowest BCUT2D eigenvalue weighted by Gasteiger charge is -2.60. The summed E-state index contributed by atoms with van der Waals surface area (Å²) in [5.41, 5.74) is 2.48. The number of allylic oxidation sites excluding steroid dienone is 1. The van der Waals surface area contributed by atoms with E-state index >= 15 is 0 Å². The average Bonchev–Trinajstić information content (AvgIpc) is 3.26. The minimum absolute atomic E-state index is 0.0151. The molecular formula is C36H52O3. The number of hydrogen-bond donors (Lipinski definition) is 0. The first kappa shape index (κ1) is 28.6. The van der Waals surface area contributed by atoms with Crippen molar-refractivity contribution < 1.29 is 14.3 Å². The molecule has 3 saturated carbocycles. The maximum absolute atomic E-state index is 13.3. The van der Waals surface area contributed by atoms with E-state index < -0.39 is 0 Å². The van der Waals surface area contributed by atoms with Crippen molar-refractivity contribution >= 4 is 11.8 Å². The van der Waals surface area contributed by atoms with Gasteiger partial charge >= 0.3 is 5.97 Å². The topological polar surface area (TPSA) is 43.4 Å². The number of ether oxygens (including phenoxy) is 1. The van der Waals surface area contributed by atoms with Crippen molar-refractivity contribution in [3.8, 4) is 0 Å². The fraction of sp³-hybridized carbons (Fsp3) is 0.722. The van der Waals surface area contributed by atoms with Gasteiger partial charge in [-0.2, -0.15) is 0 Å². The van der Waals surface area contributed by atoms with Crippen LogP contribution >= 0.6 is 0 Å². The summed E-state index contributed by atoms with van der Waals surface area (Å²) in [4.78, 5) is 26.1. The number of carbonyl (C=O) groups excluding carboxylic acids is 2. The molecule has 0 heterocycles. The third-order valence-electron chi connectivity index (χ3n) is 12.1. The summed E-state index contributed by atoms with van der Waals surface area (Å²) >= 11 is 0. The molecule has 1 aromatic rings. The monoisotopic (exact) mass is 532 g/mol. The molecule has 0 saturated heterocycles. The normalized spacial score (nSPS) is 38.3. The number of benzene rings is 1. The Kier molecular flexibility index (Phi) is 8.20. The Morgan fingerprint density at radius 3 is 2.38 bits per heavy atom. The Hall–Kier alpha value is -1.90. The van der Waals surface area contributed by atoms with Crippen LogP contribution in [0.3, 0.4) is 0 Å². The van der Waals surface area contributed by atoms with Gasteiger partial charge in [0.05, 0.1) is 5.56 Å². The molecule has 0 amide bonds. The minimum atomic E-state index is -0.227. The van der Waals surface area contributed by atoms with Crippen molar-refractivity contribution in [2.45, 2.75) is 112 Å². The smallest absolute Gasteiger partial charge is 0.338 e. The van der Waals surface area contributed by atoms with Gasteiger partial charge in [-0.25, -0.2) is 4.79 Å². The van der Waals surface area contributed by atoms with Crippen LogP contribution in [0.15, 0.2) is 42.0 Å². The van der Waals surface area contributed by atoms with E-state index in [0.717, 1.165) is 37.0 Å². The van der Waals surface area contributed by atoms with Crippen molar-refractivity contribution in [3.05, 3.63) is 47.5 Å². The number of rotatable bonds is 8. The highest BCUT2D eigenvalue weighted by molar-refractivity contribution is 5.89. The van der Waals surface area contributed by atoms with Gasteiger partial charge < -0.3 is 4.74 Å². The fourth-order valence-corrected chi connectivity index (χ4v) is 9.96. The van der Waals surface area contributed by atoms with Gasteiger partial charge in [0.2, 0.25) is 0 Å². The molecule has 0 aromatic heterocycles. The van der Waals surface area contributed by atoms with E-state index in [0.29, 0.717) is 34.5 Å². The molecule has 4 aliphatic carbocycles. The molecule has 1 aromatic carbocycles. The van der Waals surface area contributed by atoms with Crippen LogP contribution in [0.1, 0.15) is 116 Å². The third kappa shape index (κ3) is 5.29. The van der Waals surface area contributed by atoms with Crippen LogP contribution in [-0.2, 0) is 9.53 Å². The lowest BCUT2D eigenvalue weighted by Crippen LogP contribution is -2.54. The minimum Gasteiger partial charge on any atom is -0.458 e. The SMILES string of the molecule is CC(=O)[C@H]1C=C2CC(OC(=O)c3ccccc3)CC[C@]2(C)C2CC[C@@]3(C)C(CC[C@@H]3[C@H](C)CCCC(C)C)C21. The van der Waals surface area contributed by atoms with E-state index in [1.807, 2.05) is 37.3 Å². The Morgan fingerprint density at radius 2 is 1.69 bits per heavy atom. The highest BCUT2D eigenvalue weighted by Gasteiger charge is 2.61. The van der Waals surface area contributed by atoms with Crippen molar-refractivity contribution in [1.29, 1.82) is 0 Å².